The van der Waals surface area contributed by atoms with Crippen LogP contribution in [0.3, 0.4) is 0 Å². The van der Waals surface area contributed by atoms with Crippen molar-refractivity contribution in [1.82, 2.24) is 19.5 Å². The van der Waals surface area contributed by atoms with Gasteiger partial charge < -0.3 is 0 Å². The molecule has 0 N–H and O–H groups in total. The van der Waals surface area contributed by atoms with Crippen molar-refractivity contribution >= 4 is 84.8 Å². The van der Waals surface area contributed by atoms with Gasteiger partial charge in [0.2, 0.25) is 5.95 Å². The first-order valence-electron chi connectivity index (χ1n) is 14.9. The summed E-state index contributed by atoms with van der Waals surface area (Å²) in [5.41, 5.74) is 4.08. The predicted octanol–water partition coefficient (Wildman–Crippen LogP) is 11.0. The molecule has 0 aliphatic heterocycles. The molecule has 0 bridgehead atoms. The van der Waals surface area contributed by atoms with Crippen LogP contribution in [0.1, 0.15) is 0 Å². The van der Waals surface area contributed by atoms with E-state index >= 15 is 0 Å². The van der Waals surface area contributed by atoms with E-state index in [1.807, 2.05) is 59.1 Å². The van der Waals surface area contributed by atoms with E-state index in [4.69, 9.17) is 15.0 Å². The summed E-state index contributed by atoms with van der Waals surface area (Å²) in [4.78, 5) is 15.1. The summed E-state index contributed by atoms with van der Waals surface area (Å²) in [5, 5.41) is 7.68. The van der Waals surface area contributed by atoms with Crippen LogP contribution in [0.2, 0.25) is 0 Å². The fraction of sp³-hybridized carbons (Fsp3) is 0. The second-order valence-corrected chi connectivity index (χ2v) is 13.4. The summed E-state index contributed by atoms with van der Waals surface area (Å²) >= 11 is 3.75. The Morgan fingerprint density at radius 3 is 1.84 bits per heavy atom. The van der Waals surface area contributed by atoms with Crippen LogP contribution in [0.5, 0.6) is 0 Å². The van der Waals surface area contributed by atoms with E-state index in [1.165, 1.54) is 51.1 Å². The Balaban J connectivity index is 1.30. The molecule has 0 saturated heterocycles. The van der Waals surface area contributed by atoms with Gasteiger partial charge in [-0.3, -0.25) is 4.57 Å². The van der Waals surface area contributed by atoms with E-state index < -0.39 is 0 Å². The van der Waals surface area contributed by atoms with Gasteiger partial charge in [-0.25, -0.2) is 4.98 Å². The Hall–Kier alpha value is -5.43. The Morgan fingerprint density at radius 1 is 0.422 bits per heavy atom. The largest absolute Gasteiger partial charge is 0.278 e. The van der Waals surface area contributed by atoms with Crippen LogP contribution in [0.25, 0.3) is 90.9 Å². The maximum atomic E-state index is 5.11. The molecule has 4 aromatic heterocycles. The molecule has 0 radical (unpaired) electrons. The van der Waals surface area contributed by atoms with Crippen molar-refractivity contribution in [3.8, 4) is 28.7 Å². The summed E-state index contributed by atoms with van der Waals surface area (Å²) in [7, 11) is 0. The molecule has 0 aliphatic carbocycles. The topological polar surface area (TPSA) is 43.6 Å². The zero-order valence-electron chi connectivity index (χ0n) is 23.8. The van der Waals surface area contributed by atoms with Crippen LogP contribution in [0.15, 0.2) is 133 Å². The van der Waals surface area contributed by atoms with Gasteiger partial charge in [0.15, 0.2) is 11.6 Å². The molecule has 0 unspecified atom stereocenters. The molecule has 6 heteroatoms. The number of fused-ring (bicyclic) bond motifs is 10. The van der Waals surface area contributed by atoms with Crippen molar-refractivity contribution in [2.75, 3.05) is 0 Å². The highest BCUT2D eigenvalue weighted by molar-refractivity contribution is 7.29. The molecule has 0 amide bonds. The predicted molar refractivity (Wildman–Crippen MR) is 191 cm³/mol. The Kier molecular flexibility index (Phi) is 5.29. The average Bonchev–Trinajstić information content (AvgIpc) is 3.76. The van der Waals surface area contributed by atoms with Gasteiger partial charge in [-0.15, -0.1) is 22.7 Å². The monoisotopic (exact) mass is 610 g/mol. The summed E-state index contributed by atoms with van der Waals surface area (Å²) in [6.07, 6.45) is 0. The molecule has 0 saturated carbocycles. The standard InChI is InChI=1S/C39H22N4S2/c1-3-11-23(12-4-1)37-40-38(24-13-5-2-6-14-24)42-39(41-37)43-30-17-9-7-15-25(30)28-21-29-34(22-31(28)43)44-33-20-19-27-26-16-8-10-18-32(26)45-36(27)35(29)33/h1-22H. The normalized spacial score (nSPS) is 12.0. The van der Waals surface area contributed by atoms with Gasteiger partial charge >= 0.3 is 0 Å². The molecule has 6 aromatic carbocycles. The Bertz CT molecular complexity index is 2700. The number of para-hydroxylation sites is 1. The minimum Gasteiger partial charge on any atom is -0.278 e. The zero-order valence-corrected chi connectivity index (χ0v) is 25.4. The highest BCUT2D eigenvalue weighted by Gasteiger charge is 2.20. The van der Waals surface area contributed by atoms with Gasteiger partial charge in [-0.1, -0.05) is 103 Å². The molecule has 210 valence electrons. The lowest BCUT2D eigenvalue weighted by molar-refractivity contribution is 0.954. The van der Waals surface area contributed by atoms with Gasteiger partial charge in [-0.2, -0.15) is 9.97 Å². The number of thiophene rings is 2. The number of nitrogens with zero attached hydrogens (tertiary/aromatic N) is 4. The summed E-state index contributed by atoms with van der Waals surface area (Å²) in [6, 6.07) is 46.9. The van der Waals surface area contributed by atoms with Crippen LogP contribution in [0, 0.1) is 0 Å². The third-order valence-electron chi connectivity index (χ3n) is 8.66. The number of benzene rings is 6. The second-order valence-electron chi connectivity index (χ2n) is 11.2. The first-order chi connectivity index (χ1) is 22.3. The van der Waals surface area contributed by atoms with Gasteiger partial charge in [0.1, 0.15) is 0 Å². The molecule has 0 fully saturated rings. The van der Waals surface area contributed by atoms with Crippen LogP contribution < -0.4 is 0 Å². The van der Waals surface area contributed by atoms with Gasteiger partial charge in [0.05, 0.1) is 11.0 Å². The SMILES string of the molecule is c1ccc(-c2nc(-c3ccccc3)nc(-n3c4ccccc4c4cc5c(cc43)sc3ccc4c6ccccc6sc4c35)n2)cc1. The van der Waals surface area contributed by atoms with Crippen molar-refractivity contribution in [2.45, 2.75) is 0 Å². The third-order valence-corrected chi connectivity index (χ3v) is 11.0. The van der Waals surface area contributed by atoms with E-state index in [1.54, 1.807) is 0 Å². The summed E-state index contributed by atoms with van der Waals surface area (Å²) in [5.74, 6) is 1.92. The Labute approximate surface area is 265 Å². The third kappa shape index (κ3) is 3.73. The van der Waals surface area contributed by atoms with Crippen LogP contribution >= 0.6 is 22.7 Å². The first-order valence-corrected chi connectivity index (χ1v) is 16.5. The molecular formula is C39H22N4S2. The molecular weight excluding hydrogens is 589 g/mol. The lowest BCUT2D eigenvalue weighted by Gasteiger charge is -2.11. The molecule has 10 rings (SSSR count). The maximum absolute atomic E-state index is 5.11. The van der Waals surface area contributed by atoms with Crippen molar-refractivity contribution in [3.63, 3.8) is 0 Å². The Morgan fingerprint density at radius 2 is 1.09 bits per heavy atom. The lowest BCUT2D eigenvalue weighted by atomic mass is 10.1. The second kappa shape index (κ2) is 9.53. The molecule has 4 nitrogen and oxygen atoms in total. The molecule has 10 aromatic rings. The number of rotatable bonds is 3. The van der Waals surface area contributed by atoms with Crippen LogP contribution in [-0.4, -0.2) is 19.5 Å². The van der Waals surface area contributed by atoms with E-state index in [0.29, 0.717) is 17.6 Å². The fourth-order valence-corrected chi connectivity index (χ4v) is 9.08. The molecule has 45 heavy (non-hydrogen) atoms. The zero-order chi connectivity index (χ0) is 29.5. The number of aromatic nitrogens is 4. The fourth-order valence-electron chi connectivity index (χ4n) is 6.62. The summed E-state index contributed by atoms with van der Waals surface area (Å²) in [6.45, 7) is 0. The molecule has 4 heterocycles. The van der Waals surface area contributed by atoms with E-state index in [-0.39, 0.29) is 0 Å². The van der Waals surface area contributed by atoms with Crippen LogP contribution in [0.4, 0.5) is 0 Å². The highest BCUT2D eigenvalue weighted by atomic mass is 32.1. The number of hydrogen-bond donors (Lipinski definition) is 0. The van der Waals surface area contributed by atoms with Crippen molar-refractivity contribution in [3.05, 3.63) is 133 Å². The molecule has 0 atom stereocenters. The average molecular weight is 611 g/mol. The molecule has 0 spiro atoms. The van der Waals surface area contributed by atoms with E-state index in [9.17, 15) is 0 Å². The highest BCUT2D eigenvalue weighted by Crippen LogP contribution is 2.46. The minimum absolute atomic E-state index is 0.612. The van der Waals surface area contributed by atoms with Gasteiger partial charge in [0, 0.05) is 62.2 Å². The van der Waals surface area contributed by atoms with Gasteiger partial charge in [0.25, 0.3) is 0 Å². The maximum Gasteiger partial charge on any atom is 0.238 e. The smallest absolute Gasteiger partial charge is 0.238 e. The van der Waals surface area contributed by atoms with Crippen molar-refractivity contribution in [2.24, 2.45) is 0 Å². The number of hydrogen-bond acceptors (Lipinski definition) is 5. The minimum atomic E-state index is 0.612. The summed E-state index contributed by atoms with van der Waals surface area (Å²) < 4.78 is 7.47. The quantitative estimate of drug-likeness (QED) is 0.200. The van der Waals surface area contributed by atoms with Crippen LogP contribution in [-0.2, 0) is 0 Å². The van der Waals surface area contributed by atoms with E-state index in [2.05, 4.69) is 102 Å². The lowest BCUT2D eigenvalue weighted by Crippen LogP contribution is -2.06. The van der Waals surface area contributed by atoms with Gasteiger partial charge in [-0.05, 0) is 30.3 Å². The van der Waals surface area contributed by atoms with Crippen molar-refractivity contribution in [1.29, 1.82) is 0 Å². The van der Waals surface area contributed by atoms with Crippen molar-refractivity contribution < 1.29 is 0 Å². The molecule has 0 aliphatic rings. The van der Waals surface area contributed by atoms with E-state index in [0.717, 1.165) is 22.2 Å². The first kappa shape index (κ1) is 25.0.